The largest absolute Gasteiger partial charge is 0.478 e. The maximum atomic E-state index is 13.4. The summed E-state index contributed by atoms with van der Waals surface area (Å²) in [6.45, 7) is 0. The zero-order chi connectivity index (χ0) is 15.6. The minimum absolute atomic E-state index is 0.00212. The topological polar surface area (TPSA) is 66.4 Å². The monoisotopic (exact) mass is 371 g/mol. The summed E-state index contributed by atoms with van der Waals surface area (Å²) < 4.78 is 13.6. The molecule has 0 heterocycles. The minimum atomic E-state index is -1.16. The molecule has 2 aromatic carbocycles. The molecule has 2 rings (SSSR count). The van der Waals surface area contributed by atoms with E-state index in [-0.39, 0.29) is 20.6 Å². The average molecular weight is 373 g/mol. The second-order valence-corrected chi connectivity index (χ2v) is 5.34. The summed E-state index contributed by atoms with van der Waals surface area (Å²) in [5, 5.41) is 11.4. The predicted octanol–water partition coefficient (Wildman–Crippen LogP) is 4.19. The molecule has 7 heteroatoms. The molecule has 0 atom stereocenters. The lowest BCUT2D eigenvalue weighted by Gasteiger charge is -2.07. The molecule has 0 aliphatic carbocycles. The Balaban J connectivity index is 2.21. The third kappa shape index (κ3) is 3.59. The lowest BCUT2D eigenvalue weighted by molar-refractivity contribution is 0.0697. The van der Waals surface area contributed by atoms with Crippen molar-refractivity contribution in [2.45, 2.75) is 0 Å². The molecule has 0 unspecified atom stereocenters. The molecule has 1 amide bonds. The molecule has 0 bridgehead atoms. The summed E-state index contributed by atoms with van der Waals surface area (Å²) in [7, 11) is 0. The number of halogens is 3. The fourth-order valence-electron chi connectivity index (χ4n) is 1.61. The van der Waals surface area contributed by atoms with Crippen molar-refractivity contribution in [3.05, 3.63) is 62.8 Å². The number of anilines is 1. The van der Waals surface area contributed by atoms with Crippen LogP contribution < -0.4 is 5.32 Å². The maximum absolute atomic E-state index is 13.4. The first-order valence-corrected chi connectivity index (χ1v) is 6.85. The lowest BCUT2D eigenvalue weighted by Crippen LogP contribution is -2.12. The van der Waals surface area contributed by atoms with E-state index in [1.165, 1.54) is 30.3 Å². The average Bonchev–Trinajstić information content (AvgIpc) is 2.41. The standard InChI is InChI=1S/C14H8BrClFNO3/c15-10-4-1-7(5-12(10)17)13(19)18-8-2-3-9(14(20)21)11(16)6-8/h1-6H,(H,18,19)(H,20,21). The molecule has 21 heavy (non-hydrogen) atoms. The van der Waals surface area contributed by atoms with Crippen molar-refractivity contribution in [1.29, 1.82) is 0 Å². The van der Waals surface area contributed by atoms with Gasteiger partial charge in [0.15, 0.2) is 0 Å². The number of aromatic carboxylic acids is 1. The van der Waals surface area contributed by atoms with Crippen LogP contribution in [0.4, 0.5) is 10.1 Å². The van der Waals surface area contributed by atoms with Crippen LogP contribution >= 0.6 is 27.5 Å². The highest BCUT2D eigenvalue weighted by Crippen LogP contribution is 2.22. The van der Waals surface area contributed by atoms with Crippen LogP contribution in [0.5, 0.6) is 0 Å². The summed E-state index contributed by atoms with van der Waals surface area (Å²) in [5.74, 6) is -2.24. The first-order chi connectivity index (χ1) is 9.88. The van der Waals surface area contributed by atoms with Gasteiger partial charge in [-0.15, -0.1) is 0 Å². The minimum Gasteiger partial charge on any atom is -0.478 e. The zero-order valence-electron chi connectivity index (χ0n) is 10.4. The Hall–Kier alpha value is -1.92. The molecule has 0 aromatic heterocycles. The van der Waals surface area contributed by atoms with Crippen molar-refractivity contribution in [3.8, 4) is 0 Å². The number of hydrogen-bond acceptors (Lipinski definition) is 2. The highest BCUT2D eigenvalue weighted by atomic mass is 79.9. The molecule has 2 aromatic rings. The van der Waals surface area contributed by atoms with Crippen molar-refractivity contribution in [1.82, 2.24) is 0 Å². The molecule has 4 nitrogen and oxygen atoms in total. The summed E-state index contributed by atoms with van der Waals surface area (Å²) in [6, 6.07) is 7.97. The Morgan fingerprint density at radius 2 is 1.90 bits per heavy atom. The van der Waals surface area contributed by atoms with Gasteiger partial charge in [-0.3, -0.25) is 4.79 Å². The van der Waals surface area contributed by atoms with Crippen molar-refractivity contribution in [3.63, 3.8) is 0 Å². The Bertz CT molecular complexity index is 736. The predicted molar refractivity (Wildman–Crippen MR) is 80.5 cm³/mol. The third-order valence-electron chi connectivity index (χ3n) is 2.64. The first kappa shape index (κ1) is 15.5. The number of hydrogen-bond donors (Lipinski definition) is 2. The van der Waals surface area contributed by atoms with E-state index in [1.54, 1.807) is 0 Å². The van der Waals surface area contributed by atoms with E-state index in [4.69, 9.17) is 16.7 Å². The number of amides is 1. The normalized spacial score (nSPS) is 10.2. The van der Waals surface area contributed by atoms with Crippen LogP contribution in [-0.2, 0) is 0 Å². The van der Waals surface area contributed by atoms with Gasteiger partial charge < -0.3 is 10.4 Å². The summed E-state index contributed by atoms with van der Waals surface area (Å²) in [5.41, 5.74) is 0.386. The first-order valence-electron chi connectivity index (χ1n) is 5.67. The van der Waals surface area contributed by atoms with Gasteiger partial charge in [-0.05, 0) is 52.3 Å². The highest BCUT2D eigenvalue weighted by Gasteiger charge is 2.12. The third-order valence-corrected chi connectivity index (χ3v) is 3.59. The Labute approximate surface area is 132 Å². The molecule has 0 radical (unpaired) electrons. The molecule has 0 aliphatic heterocycles. The van der Waals surface area contributed by atoms with Gasteiger partial charge in [-0.25, -0.2) is 9.18 Å². The summed E-state index contributed by atoms with van der Waals surface area (Å²) in [4.78, 5) is 22.8. The second-order valence-electron chi connectivity index (χ2n) is 4.08. The van der Waals surface area contributed by atoms with Gasteiger partial charge in [0, 0.05) is 11.3 Å². The van der Waals surface area contributed by atoms with Gasteiger partial charge in [0.25, 0.3) is 5.91 Å². The van der Waals surface area contributed by atoms with Gasteiger partial charge in [-0.1, -0.05) is 11.6 Å². The van der Waals surface area contributed by atoms with Gasteiger partial charge >= 0.3 is 5.97 Å². The van der Waals surface area contributed by atoms with Gasteiger partial charge in [0.05, 0.1) is 15.1 Å². The second kappa shape index (κ2) is 6.24. The van der Waals surface area contributed by atoms with Gasteiger partial charge in [0.2, 0.25) is 0 Å². The molecule has 0 saturated heterocycles. The zero-order valence-corrected chi connectivity index (χ0v) is 12.7. The fraction of sp³-hybridized carbons (Fsp3) is 0. The van der Waals surface area contributed by atoms with Crippen LogP contribution in [0.2, 0.25) is 5.02 Å². The molecule has 0 fully saturated rings. The number of benzene rings is 2. The number of rotatable bonds is 3. The Kier molecular flexibility index (Phi) is 4.59. The fourth-order valence-corrected chi connectivity index (χ4v) is 2.11. The quantitative estimate of drug-likeness (QED) is 0.849. The summed E-state index contributed by atoms with van der Waals surface area (Å²) in [6.07, 6.45) is 0. The van der Waals surface area contributed by atoms with Crippen molar-refractivity contribution in [2.24, 2.45) is 0 Å². The number of carboxylic acid groups (broad SMARTS) is 1. The summed E-state index contributed by atoms with van der Waals surface area (Å²) >= 11 is 8.80. The van der Waals surface area contributed by atoms with E-state index >= 15 is 0 Å². The smallest absolute Gasteiger partial charge is 0.337 e. The van der Waals surface area contributed by atoms with Gasteiger partial charge in [-0.2, -0.15) is 0 Å². The Morgan fingerprint density at radius 3 is 2.48 bits per heavy atom. The number of nitrogens with one attached hydrogen (secondary N) is 1. The van der Waals surface area contributed by atoms with E-state index in [0.717, 1.165) is 6.07 Å². The number of carbonyl (C=O) groups is 2. The molecular weight excluding hydrogens is 365 g/mol. The molecule has 108 valence electrons. The molecule has 0 saturated carbocycles. The van der Waals surface area contributed by atoms with Crippen molar-refractivity contribution < 1.29 is 19.1 Å². The molecule has 2 N–H and O–H groups in total. The van der Waals surface area contributed by atoms with Crippen molar-refractivity contribution in [2.75, 3.05) is 5.32 Å². The van der Waals surface area contributed by atoms with E-state index in [1.807, 2.05) is 0 Å². The van der Waals surface area contributed by atoms with E-state index in [2.05, 4.69) is 21.2 Å². The SMILES string of the molecule is O=C(Nc1ccc(C(=O)O)c(Cl)c1)c1ccc(Br)c(F)c1. The highest BCUT2D eigenvalue weighted by molar-refractivity contribution is 9.10. The molecular formula is C14H8BrClFNO3. The van der Waals surface area contributed by atoms with E-state index in [0.29, 0.717) is 5.69 Å². The van der Waals surface area contributed by atoms with Gasteiger partial charge in [0.1, 0.15) is 5.82 Å². The lowest BCUT2D eigenvalue weighted by atomic mass is 10.1. The van der Waals surface area contributed by atoms with E-state index in [9.17, 15) is 14.0 Å². The number of carboxylic acids is 1. The maximum Gasteiger partial charge on any atom is 0.337 e. The number of carbonyl (C=O) groups excluding carboxylic acids is 1. The van der Waals surface area contributed by atoms with Crippen LogP contribution in [0, 0.1) is 5.82 Å². The molecule has 0 spiro atoms. The molecule has 0 aliphatic rings. The van der Waals surface area contributed by atoms with Crippen LogP contribution in [0.15, 0.2) is 40.9 Å². The van der Waals surface area contributed by atoms with Crippen LogP contribution in [0.25, 0.3) is 0 Å². The Morgan fingerprint density at radius 1 is 1.19 bits per heavy atom. The van der Waals surface area contributed by atoms with Crippen LogP contribution in [0.3, 0.4) is 0 Å². The van der Waals surface area contributed by atoms with Crippen LogP contribution in [-0.4, -0.2) is 17.0 Å². The van der Waals surface area contributed by atoms with E-state index < -0.39 is 17.7 Å². The van der Waals surface area contributed by atoms with Crippen molar-refractivity contribution >= 4 is 45.1 Å². The van der Waals surface area contributed by atoms with Crippen LogP contribution in [0.1, 0.15) is 20.7 Å².